The van der Waals surface area contributed by atoms with Crippen LogP contribution in [0.1, 0.15) is 36.7 Å². The van der Waals surface area contributed by atoms with Gasteiger partial charge in [0.2, 0.25) is 5.95 Å². The van der Waals surface area contributed by atoms with E-state index in [1.807, 2.05) is 45.0 Å². The fraction of sp³-hybridized carbons (Fsp3) is 0.304. The SMILES string of the molecule is Cc1cccc(-n2c3nc(Nc4ccc5c(c4)CNCC5)ncc3c(=O)n2C(C)C)n1. The second-order valence-corrected chi connectivity index (χ2v) is 8.16. The smallest absolute Gasteiger partial charge is 0.278 e. The number of hydrogen-bond acceptors (Lipinski definition) is 6. The molecule has 1 aromatic carbocycles. The molecule has 0 amide bonds. The molecule has 0 spiro atoms. The third-order valence-corrected chi connectivity index (χ3v) is 5.55. The molecule has 5 rings (SSSR count). The largest absolute Gasteiger partial charge is 0.324 e. The molecule has 0 atom stereocenters. The topological polar surface area (TPSA) is 89.7 Å². The van der Waals surface area contributed by atoms with E-state index in [4.69, 9.17) is 4.98 Å². The van der Waals surface area contributed by atoms with E-state index in [0.29, 0.717) is 22.8 Å². The Morgan fingerprint density at radius 3 is 2.81 bits per heavy atom. The van der Waals surface area contributed by atoms with Gasteiger partial charge < -0.3 is 10.6 Å². The first-order valence-corrected chi connectivity index (χ1v) is 10.5. The van der Waals surface area contributed by atoms with E-state index in [0.717, 1.165) is 30.9 Å². The van der Waals surface area contributed by atoms with Crippen molar-refractivity contribution in [2.24, 2.45) is 0 Å². The van der Waals surface area contributed by atoms with Gasteiger partial charge in [-0.2, -0.15) is 4.98 Å². The molecule has 3 aromatic heterocycles. The molecule has 8 heteroatoms. The molecule has 158 valence electrons. The highest BCUT2D eigenvalue weighted by Crippen LogP contribution is 2.23. The second kappa shape index (κ2) is 7.63. The zero-order valence-electron chi connectivity index (χ0n) is 17.9. The van der Waals surface area contributed by atoms with E-state index in [2.05, 4.69) is 32.7 Å². The standard InChI is InChI=1S/C23H25N7O/c1-14(2)29-22(31)19-13-25-23(27-18-8-7-16-9-10-24-12-17(16)11-18)28-21(19)30(29)20-6-4-5-15(3)26-20/h4-8,11,13-14,24H,9-10,12H2,1-3H3,(H,25,27,28). The summed E-state index contributed by atoms with van der Waals surface area (Å²) in [4.78, 5) is 26.8. The Morgan fingerprint density at radius 1 is 1.13 bits per heavy atom. The molecule has 1 aliphatic rings. The molecule has 0 unspecified atom stereocenters. The minimum Gasteiger partial charge on any atom is -0.324 e. The molecular weight excluding hydrogens is 390 g/mol. The molecule has 0 radical (unpaired) electrons. The van der Waals surface area contributed by atoms with Crippen molar-refractivity contribution in [3.8, 4) is 5.82 Å². The molecule has 0 aliphatic carbocycles. The average molecular weight is 416 g/mol. The lowest BCUT2D eigenvalue weighted by Crippen LogP contribution is -2.24. The summed E-state index contributed by atoms with van der Waals surface area (Å²) < 4.78 is 3.47. The van der Waals surface area contributed by atoms with E-state index in [9.17, 15) is 4.79 Å². The zero-order chi connectivity index (χ0) is 21.5. The molecule has 8 nitrogen and oxygen atoms in total. The van der Waals surface area contributed by atoms with E-state index in [-0.39, 0.29) is 11.6 Å². The van der Waals surface area contributed by atoms with Crippen LogP contribution in [0.2, 0.25) is 0 Å². The van der Waals surface area contributed by atoms with Crippen LogP contribution in [-0.2, 0) is 13.0 Å². The molecule has 4 aromatic rings. The predicted molar refractivity (Wildman–Crippen MR) is 121 cm³/mol. The number of hydrogen-bond donors (Lipinski definition) is 2. The lowest BCUT2D eigenvalue weighted by molar-refractivity contribution is 0.471. The minimum atomic E-state index is -0.125. The summed E-state index contributed by atoms with van der Waals surface area (Å²) in [5.74, 6) is 1.10. The van der Waals surface area contributed by atoms with Crippen molar-refractivity contribution < 1.29 is 0 Å². The quantitative estimate of drug-likeness (QED) is 0.532. The van der Waals surface area contributed by atoms with Gasteiger partial charge >= 0.3 is 0 Å². The highest BCUT2D eigenvalue weighted by atomic mass is 16.1. The van der Waals surface area contributed by atoms with Gasteiger partial charge in [0, 0.05) is 30.2 Å². The van der Waals surface area contributed by atoms with Gasteiger partial charge in [-0.3, -0.25) is 4.79 Å². The Bertz CT molecular complexity index is 1340. The lowest BCUT2D eigenvalue weighted by atomic mass is 10.0. The van der Waals surface area contributed by atoms with Crippen LogP contribution in [-0.4, -0.2) is 30.9 Å². The normalized spacial score (nSPS) is 13.5. The van der Waals surface area contributed by atoms with Crippen LogP contribution in [0.5, 0.6) is 0 Å². The second-order valence-electron chi connectivity index (χ2n) is 8.16. The number of aryl methyl sites for hydroxylation is 1. The number of rotatable bonds is 4. The number of aromatic nitrogens is 5. The highest BCUT2D eigenvalue weighted by Gasteiger charge is 2.20. The maximum absolute atomic E-state index is 13.1. The van der Waals surface area contributed by atoms with Gasteiger partial charge in [0.15, 0.2) is 11.5 Å². The number of anilines is 2. The Kier molecular flexibility index (Phi) is 4.78. The molecule has 1 aliphatic heterocycles. The number of nitrogens with one attached hydrogen (secondary N) is 2. The first-order chi connectivity index (χ1) is 15.0. The third-order valence-electron chi connectivity index (χ3n) is 5.55. The fourth-order valence-electron chi connectivity index (χ4n) is 4.08. The molecular formula is C23H25N7O. The van der Waals surface area contributed by atoms with Crippen molar-refractivity contribution in [3.63, 3.8) is 0 Å². The van der Waals surface area contributed by atoms with Crippen LogP contribution in [0.4, 0.5) is 11.6 Å². The number of fused-ring (bicyclic) bond motifs is 2. The molecule has 2 N–H and O–H groups in total. The predicted octanol–water partition coefficient (Wildman–Crippen LogP) is 3.26. The average Bonchev–Trinajstić information content (AvgIpc) is 3.06. The van der Waals surface area contributed by atoms with Gasteiger partial charge in [0.05, 0.1) is 0 Å². The number of pyridine rings is 1. The summed E-state index contributed by atoms with van der Waals surface area (Å²) in [6.45, 7) is 7.75. The van der Waals surface area contributed by atoms with Crippen molar-refractivity contribution in [1.82, 2.24) is 29.6 Å². The summed E-state index contributed by atoms with van der Waals surface area (Å²) in [5.41, 5.74) is 4.86. The third kappa shape index (κ3) is 3.48. The molecule has 0 saturated carbocycles. The summed E-state index contributed by atoms with van der Waals surface area (Å²) in [7, 11) is 0. The van der Waals surface area contributed by atoms with Crippen molar-refractivity contribution in [1.29, 1.82) is 0 Å². The van der Waals surface area contributed by atoms with E-state index < -0.39 is 0 Å². The summed E-state index contributed by atoms with van der Waals surface area (Å²) >= 11 is 0. The Hall–Kier alpha value is -3.52. The summed E-state index contributed by atoms with van der Waals surface area (Å²) in [5, 5.41) is 7.17. The van der Waals surface area contributed by atoms with Gasteiger partial charge in [-0.15, -0.1) is 0 Å². The molecule has 31 heavy (non-hydrogen) atoms. The molecule has 0 saturated heterocycles. The molecule has 0 fully saturated rings. The number of benzene rings is 1. The van der Waals surface area contributed by atoms with Gasteiger partial charge in [0.25, 0.3) is 5.56 Å². The van der Waals surface area contributed by atoms with Crippen LogP contribution in [0, 0.1) is 6.92 Å². The van der Waals surface area contributed by atoms with Gasteiger partial charge in [-0.25, -0.2) is 19.3 Å². The van der Waals surface area contributed by atoms with Crippen LogP contribution in [0.3, 0.4) is 0 Å². The minimum absolute atomic E-state index is 0.0615. The van der Waals surface area contributed by atoms with Crippen molar-refractivity contribution >= 4 is 22.7 Å². The van der Waals surface area contributed by atoms with Gasteiger partial charge in [-0.1, -0.05) is 12.1 Å². The first kappa shape index (κ1) is 19.4. The number of nitrogens with zero attached hydrogens (tertiary/aromatic N) is 5. The van der Waals surface area contributed by atoms with Crippen molar-refractivity contribution in [3.05, 3.63) is 69.8 Å². The van der Waals surface area contributed by atoms with E-state index >= 15 is 0 Å². The van der Waals surface area contributed by atoms with Crippen molar-refractivity contribution in [2.75, 3.05) is 11.9 Å². The Balaban J connectivity index is 1.62. The molecule has 0 bridgehead atoms. The summed E-state index contributed by atoms with van der Waals surface area (Å²) in [6.07, 6.45) is 2.63. The Morgan fingerprint density at radius 2 is 2.00 bits per heavy atom. The Labute approximate surface area is 180 Å². The fourth-order valence-corrected chi connectivity index (χ4v) is 4.08. The van der Waals surface area contributed by atoms with E-state index in [1.165, 1.54) is 11.1 Å². The van der Waals surface area contributed by atoms with Crippen LogP contribution < -0.4 is 16.2 Å². The van der Waals surface area contributed by atoms with Crippen LogP contribution in [0.15, 0.2) is 47.4 Å². The van der Waals surface area contributed by atoms with Gasteiger partial charge in [0.1, 0.15) is 5.39 Å². The van der Waals surface area contributed by atoms with E-state index in [1.54, 1.807) is 15.6 Å². The first-order valence-electron chi connectivity index (χ1n) is 10.5. The zero-order valence-corrected chi connectivity index (χ0v) is 17.9. The van der Waals surface area contributed by atoms with Crippen LogP contribution >= 0.6 is 0 Å². The van der Waals surface area contributed by atoms with Crippen LogP contribution in [0.25, 0.3) is 16.9 Å². The van der Waals surface area contributed by atoms with Gasteiger partial charge in [-0.05, 0) is 69.1 Å². The maximum Gasteiger partial charge on any atom is 0.278 e. The lowest BCUT2D eigenvalue weighted by Gasteiger charge is -2.18. The van der Waals surface area contributed by atoms with Crippen molar-refractivity contribution in [2.45, 2.75) is 39.8 Å². The molecule has 4 heterocycles. The maximum atomic E-state index is 13.1. The summed E-state index contributed by atoms with van der Waals surface area (Å²) in [6, 6.07) is 12.0. The highest BCUT2D eigenvalue weighted by molar-refractivity contribution is 5.77. The monoisotopic (exact) mass is 415 g/mol.